The lowest BCUT2D eigenvalue weighted by molar-refractivity contribution is 0.0719. The molecule has 25 heavy (non-hydrogen) atoms. The van der Waals surface area contributed by atoms with Gasteiger partial charge in [0.2, 0.25) is 0 Å². The molecule has 0 saturated carbocycles. The molecule has 6 heteroatoms. The smallest absolute Gasteiger partial charge is 0.291 e. The standard InChI is InChI=1S/C19H19N3O3/c20-10-11-21-18(23)17-12-15-8-4-5-9-16(15)19(24)22(17)25-13-14-6-2-1-3-7-14/h1-9,12H,10-11,13,20H2,(H,21,23). The van der Waals surface area contributed by atoms with Crippen LogP contribution in [0.15, 0.2) is 65.5 Å². The molecule has 0 aliphatic heterocycles. The van der Waals surface area contributed by atoms with E-state index in [2.05, 4.69) is 5.32 Å². The number of fused-ring (bicyclic) bond motifs is 1. The maximum absolute atomic E-state index is 12.8. The maximum atomic E-state index is 12.8. The van der Waals surface area contributed by atoms with E-state index in [-0.39, 0.29) is 17.9 Å². The molecule has 1 aromatic heterocycles. The van der Waals surface area contributed by atoms with E-state index in [1.807, 2.05) is 36.4 Å². The summed E-state index contributed by atoms with van der Waals surface area (Å²) in [6.07, 6.45) is 0. The number of aromatic nitrogens is 1. The number of carbonyl (C=O) groups excluding carboxylic acids is 1. The number of nitrogens with two attached hydrogens (primary N) is 1. The number of nitrogens with zero attached hydrogens (tertiary/aromatic N) is 1. The monoisotopic (exact) mass is 337 g/mol. The lowest BCUT2D eigenvalue weighted by Crippen LogP contribution is -2.37. The van der Waals surface area contributed by atoms with Crippen molar-refractivity contribution in [2.45, 2.75) is 6.61 Å². The second kappa shape index (κ2) is 7.63. The minimum absolute atomic E-state index is 0.146. The second-order valence-corrected chi connectivity index (χ2v) is 5.52. The topological polar surface area (TPSA) is 86.4 Å². The number of amides is 1. The Kier molecular flexibility index (Phi) is 5.11. The molecule has 0 radical (unpaired) electrons. The van der Waals surface area contributed by atoms with Crippen LogP contribution in [0.2, 0.25) is 0 Å². The molecular formula is C19H19N3O3. The Bertz CT molecular complexity index is 936. The molecule has 3 N–H and O–H groups in total. The van der Waals surface area contributed by atoms with Crippen LogP contribution in [0, 0.1) is 0 Å². The fourth-order valence-corrected chi connectivity index (χ4v) is 2.52. The molecule has 0 spiro atoms. The van der Waals surface area contributed by atoms with Gasteiger partial charge in [0.25, 0.3) is 11.5 Å². The van der Waals surface area contributed by atoms with Crippen molar-refractivity contribution >= 4 is 16.7 Å². The Morgan fingerprint density at radius 3 is 2.56 bits per heavy atom. The van der Waals surface area contributed by atoms with Crippen LogP contribution >= 0.6 is 0 Å². The number of pyridine rings is 1. The van der Waals surface area contributed by atoms with Crippen LogP contribution in [0.4, 0.5) is 0 Å². The molecule has 0 saturated heterocycles. The van der Waals surface area contributed by atoms with Gasteiger partial charge in [-0.05, 0) is 23.1 Å². The molecule has 0 unspecified atom stereocenters. The number of hydrogen-bond donors (Lipinski definition) is 2. The molecule has 3 rings (SSSR count). The summed E-state index contributed by atoms with van der Waals surface area (Å²) in [7, 11) is 0. The number of hydrogen-bond acceptors (Lipinski definition) is 4. The SMILES string of the molecule is NCCNC(=O)c1cc2ccccc2c(=O)n1OCc1ccccc1. The van der Waals surface area contributed by atoms with Crippen LogP contribution in [0.5, 0.6) is 0 Å². The summed E-state index contributed by atoms with van der Waals surface area (Å²) in [5.41, 5.74) is 6.11. The van der Waals surface area contributed by atoms with Crippen molar-refractivity contribution in [3.8, 4) is 0 Å². The zero-order chi connectivity index (χ0) is 17.6. The van der Waals surface area contributed by atoms with Gasteiger partial charge in [-0.15, -0.1) is 4.73 Å². The minimum Gasteiger partial charge on any atom is -0.405 e. The highest BCUT2D eigenvalue weighted by Gasteiger charge is 2.16. The van der Waals surface area contributed by atoms with E-state index in [9.17, 15) is 9.59 Å². The summed E-state index contributed by atoms with van der Waals surface area (Å²) < 4.78 is 1.06. The lowest BCUT2D eigenvalue weighted by Gasteiger charge is -2.15. The van der Waals surface area contributed by atoms with E-state index >= 15 is 0 Å². The van der Waals surface area contributed by atoms with E-state index in [0.717, 1.165) is 10.3 Å². The van der Waals surface area contributed by atoms with E-state index in [1.54, 1.807) is 24.3 Å². The molecule has 3 aromatic rings. The van der Waals surface area contributed by atoms with E-state index in [1.165, 1.54) is 0 Å². The largest absolute Gasteiger partial charge is 0.405 e. The quantitative estimate of drug-likeness (QED) is 0.710. The minimum atomic E-state index is -0.402. The van der Waals surface area contributed by atoms with Gasteiger partial charge in [-0.1, -0.05) is 48.5 Å². The number of carbonyl (C=O) groups is 1. The molecule has 0 aliphatic rings. The maximum Gasteiger partial charge on any atom is 0.291 e. The van der Waals surface area contributed by atoms with Crippen molar-refractivity contribution in [3.63, 3.8) is 0 Å². The van der Waals surface area contributed by atoms with Gasteiger partial charge < -0.3 is 15.9 Å². The molecule has 6 nitrogen and oxygen atoms in total. The van der Waals surface area contributed by atoms with Crippen LogP contribution in [0.3, 0.4) is 0 Å². The first-order chi connectivity index (χ1) is 12.2. The van der Waals surface area contributed by atoms with Crippen molar-refractivity contribution < 1.29 is 9.63 Å². The molecule has 0 atom stereocenters. The Balaban J connectivity index is 2.02. The number of nitrogens with one attached hydrogen (secondary N) is 1. The summed E-state index contributed by atoms with van der Waals surface area (Å²) in [4.78, 5) is 30.9. The average Bonchev–Trinajstić information content (AvgIpc) is 2.66. The van der Waals surface area contributed by atoms with Crippen molar-refractivity contribution in [3.05, 3.63) is 82.3 Å². The highest BCUT2D eigenvalue weighted by molar-refractivity contribution is 5.96. The van der Waals surface area contributed by atoms with Gasteiger partial charge in [0.15, 0.2) is 0 Å². The highest BCUT2D eigenvalue weighted by atomic mass is 16.7. The van der Waals surface area contributed by atoms with Gasteiger partial charge in [-0.25, -0.2) is 0 Å². The predicted molar refractivity (Wildman–Crippen MR) is 96.3 cm³/mol. The van der Waals surface area contributed by atoms with Crippen LogP contribution < -0.4 is 21.4 Å². The first kappa shape index (κ1) is 16.7. The van der Waals surface area contributed by atoms with E-state index in [4.69, 9.17) is 10.6 Å². The van der Waals surface area contributed by atoms with Crippen LogP contribution in [-0.2, 0) is 6.61 Å². The molecule has 1 amide bonds. The fraction of sp³-hybridized carbons (Fsp3) is 0.158. The molecule has 128 valence electrons. The number of rotatable bonds is 6. The van der Waals surface area contributed by atoms with E-state index < -0.39 is 5.91 Å². The molecular weight excluding hydrogens is 318 g/mol. The normalized spacial score (nSPS) is 10.6. The summed E-state index contributed by atoms with van der Waals surface area (Å²) in [6.45, 7) is 0.809. The third kappa shape index (κ3) is 3.70. The summed E-state index contributed by atoms with van der Waals surface area (Å²) in [6, 6.07) is 18.2. The lowest BCUT2D eigenvalue weighted by atomic mass is 10.1. The molecule has 2 aromatic carbocycles. The molecule has 0 fully saturated rings. The predicted octanol–water partition coefficient (Wildman–Crippen LogP) is 1.32. The van der Waals surface area contributed by atoms with Crippen LogP contribution in [0.25, 0.3) is 10.8 Å². The third-order valence-corrected chi connectivity index (χ3v) is 3.75. The number of benzene rings is 2. The molecule has 1 heterocycles. The first-order valence-corrected chi connectivity index (χ1v) is 8.01. The molecule has 0 aliphatic carbocycles. The highest BCUT2D eigenvalue weighted by Crippen LogP contribution is 2.12. The average molecular weight is 337 g/mol. The fourth-order valence-electron chi connectivity index (χ4n) is 2.52. The summed E-state index contributed by atoms with van der Waals surface area (Å²) >= 11 is 0. The van der Waals surface area contributed by atoms with Crippen LogP contribution in [-0.4, -0.2) is 23.7 Å². The van der Waals surface area contributed by atoms with Crippen molar-refractivity contribution in [1.82, 2.24) is 10.0 Å². The van der Waals surface area contributed by atoms with Crippen molar-refractivity contribution in [2.24, 2.45) is 5.73 Å². The zero-order valence-electron chi connectivity index (χ0n) is 13.6. The summed E-state index contributed by atoms with van der Waals surface area (Å²) in [5.74, 6) is -0.402. The van der Waals surface area contributed by atoms with Gasteiger partial charge in [0.05, 0.1) is 5.39 Å². The van der Waals surface area contributed by atoms with Crippen molar-refractivity contribution in [1.29, 1.82) is 0 Å². The first-order valence-electron chi connectivity index (χ1n) is 8.01. The zero-order valence-corrected chi connectivity index (χ0v) is 13.6. The molecule has 0 bridgehead atoms. The Morgan fingerprint density at radius 2 is 1.80 bits per heavy atom. The van der Waals surface area contributed by atoms with Gasteiger partial charge in [0, 0.05) is 13.1 Å². The van der Waals surface area contributed by atoms with Gasteiger partial charge in [-0.3, -0.25) is 9.59 Å². The van der Waals surface area contributed by atoms with E-state index in [0.29, 0.717) is 23.9 Å². The van der Waals surface area contributed by atoms with Gasteiger partial charge in [-0.2, -0.15) is 0 Å². The second-order valence-electron chi connectivity index (χ2n) is 5.52. The van der Waals surface area contributed by atoms with Crippen LogP contribution in [0.1, 0.15) is 16.1 Å². The third-order valence-electron chi connectivity index (χ3n) is 3.75. The Morgan fingerprint density at radius 1 is 1.08 bits per heavy atom. The Labute approximate surface area is 144 Å². The van der Waals surface area contributed by atoms with Crippen molar-refractivity contribution in [2.75, 3.05) is 13.1 Å². The summed E-state index contributed by atoms with van der Waals surface area (Å²) in [5, 5.41) is 3.85. The van der Waals surface area contributed by atoms with Gasteiger partial charge in [0.1, 0.15) is 12.3 Å². The van der Waals surface area contributed by atoms with Gasteiger partial charge >= 0.3 is 0 Å². The Hall–Kier alpha value is -3.12.